The smallest absolute Gasteiger partial charge is 0.258 e. The summed E-state index contributed by atoms with van der Waals surface area (Å²) in [6.45, 7) is -0.255. The van der Waals surface area contributed by atoms with Gasteiger partial charge < -0.3 is 21.2 Å². The van der Waals surface area contributed by atoms with Crippen LogP contribution >= 0.6 is 0 Å². The Kier molecular flexibility index (Phi) is 3.79. The molecule has 0 aliphatic rings. The van der Waals surface area contributed by atoms with Crippen LogP contribution in [0.3, 0.4) is 0 Å². The molecule has 0 aromatic heterocycles. The summed E-state index contributed by atoms with van der Waals surface area (Å²) in [6.07, 6.45) is 0. The molecule has 0 aromatic carbocycles. The Morgan fingerprint density at radius 1 is 1.55 bits per heavy atom. The van der Waals surface area contributed by atoms with E-state index in [9.17, 15) is 4.79 Å². The normalized spacial score (nSPS) is 10.9. The zero-order chi connectivity index (χ0) is 8.85. The third kappa shape index (κ3) is 5.01. The lowest BCUT2D eigenvalue weighted by Gasteiger charge is -2.08. The van der Waals surface area contributed by atoms with Gasteiger partial charge in [0.15, 0.2) is 6.61 Å². The zero-order valence-corrected chi connectivity index (χ0v) is 6.57. The van der Waals surface area contributed by atoms with Gasteiger partial charge in [-0.1, -0.05) is 0 Å². The maximum atomic E-state index is 10.1. The predicted molar refractivity (Wildman–Crippen MR) is 40.5 cm³/mol. The van der Waals surface area contributed by atoms with Crippen LogP contribution in [-0.2, 0) is 9.63 Å². The summed E-state index contributed by atoms with van der Waals surface area (Å²) >= 11 is 0. The minimum Gasteiger partial charge on any atom is -0.383 e. The average Bonchev–Trinajstić information content (AvgIpc) is 1.86. The summed E-state index contributed by atoms with van der Waals surface area (Å²) in [5.41, 5.74) is 10.1. The van der Waals surface area contributed by atoms with Gasteiger partial charge in [-0.25, -0.2) is 0 Å². The Labute approximate surface area is 64.8 Å². The Morgan fingerprint density at radius 3 is 2.45 bits per heavy atom. The lowest BCUT2D eigenvalue weighted by atomic mass is 10.7. The van der Waals surface area contributed by atoms with Gasteiger partial charge in [0.05, 0.1) is 0 Å². The number of oxime groups is 1. The average molecular weight is 160 g/mol. The van der Waals surface area contributed by atoms with E-state index < -0.39 is 5.91 Å². The summed E-state index contributed by atoms with van der Waals surface area (Å²) < 4.78 is 0. The third-order valence-corrected chi connectivity index (χ3v) is 0.823. The van der Waals surface area contributed by atoms with Gasteiger partial charge in [-0.2, -0.15) is 0 Å². The van der Waals surface area contributed by atoms with Gasteiger partial charge in [0.1, 0.15) is 0 Å². The van der Waals surface area contributed by atoms with Crippen LogP contribution in [0.5, 0.6) is 0 Å². The molecule has 0 spiro atoms. The topological polar surface area (TPSA) is 93.9 Å². The minimum atomic E-state index is -0.583. The van der Waals surface area contributed by atoms with Crippen LogP contribution in [0, 0.1) is 0 Å². The van der Waals surface area contributed by atoms with E-state index in [1.165, 1.54) is 0 Å². The number of carbonyl (C=O) groups excluding carboxylic acids is 1. The van der Waals surface area contributed by atoms with Crippen LogP contribution in [0.15, 0.2) is 5.16 Å². The van der Waals surface area contributed by atoms with Crippen molar-refractivity contribution in [2.24, 2.45) is 16.6 Å². The highest BCUT2D eigenvalue weighted by Crippen LogP contribution is 1.78. The summed E-state index contributed by atoms with van der Waals surface area (Å²) in [7, 11) is 3.40. The quantitative estimate of drug-likeness (QED) is 0.292. The van der Waals surface area contributed by atoms with E-state index in [1.807, 2.05) is 0 Å². The van der Waals surface area contributed by atoms with Gasteiger partial charge in [0, 0.05) is 14.1 Å². The fourth-order valence-electron chi connectivity index (χ4n) is 0.244. The van der Waals surface area contributed by atoms with Crippen molar-refractivity contribution in [2.75, 3.05) is 20.7 Å². The Hall–Kier alpha value is -1.46. The van der Waals surface area contributed by atoms with Gasteiger partial charge in [0.2, 0.25) is 5.96 Å². The van der Waals surface area contributed by atoms with Gasteiger partial charge in [-0.15, -0.1) is 0 Å². The van der Waals surface area contributed by atoms with Crippen molar-refractivity contribution in [3.63, 3.8) is 0 Å². The summed E-state index contributed by atoms with van der Waals surface area (Å²) in [6, 6.07) is 0. The highest BCUT2D eigenvalue weighted by atomic mass is 16.6. The van der Waals surface area contributed by atoms with Crippen molar-refractivity contribution >= 4 is 11.9 Å². The number of nitrogens with zero attached hydrogens (tertiary/aromatic N) is 2. The molecule has 11 heavy (non-hydrogen) atoms. The Bertz CT molecular complexity index is 166. The highest BCUT2D eigenvalue weighted by Gasteiger charge is 1.95. The van der Waals surface area contributed by atoms with Crippen LogP contribution in [0.4, 0.5) is 0 Å². The largest absolute Gasteiger partial charge is 0.383 e. The molecule has 0 radical (unpaired) electrons. The second-order valence-corrected chi connectivity index (χ2v) is 2.08. The van der Waals surface area contributed by atoms with Gasteiger partial charge in [-0.05, 0) is 5.16 Å². The number of nitrogens with two attached hydrogens (primary N) is 2. The van der Waals surface area contributed by atoms with E-state index in [2.05, 4.69) is 9.99 Å². The Morgan fingerprint density at radius 2 is 2.09 bits per heavy atom. The highest BCUT2D eigenvalue weighted by molar-refractivity contribution is 5.77. The number of hydrogen-bond acceptors (Lipinski definition) is 3. The van der Waals surface area contributed by atoms with E-state index in [1.54, 1.807) is 19.0 Å². The number of guanidine groups is 1. The zero-order valence-electron chi connectivity index (χ0n) is 6.57. The number of carbonyl (C=O) groups is 1. The SMILES string of the molecule is CN(C)/C(N)=N/OCC(N)=O. The second-order valence-electron chi connectivity index (χ2n) is 2.08. The molecule has 0 saturated carbocycles. The molecule has 0 bridgehead atoms. The molecule has 0 unspecified atom stereocenters. The van der Waals surface area contributed by atoms with Crippen LogP contribution in [0.2, 0.25) is 0 Å². The minimum absolute atomic E-state index is 0.186. The van der Waals surface area contributed by atoms with Crippen molar-refractivity contribution in [3.8, 4) is 0 Å². The molecular formula is C5H12N4O2. The summed E-state index contributed by atoms with van der Waals surface area (Å²) in [4.78, 5) is 16.1. The first-order chi connectivity index (χ1) is 5.04. The molecule has 0 aromatic rings. The molecule has 0 saturated heterocycles. The standard InChI is InChI=1S/C5H12N4O2/c1-9(2)5(7)8-11-3-4(6)10/h3H2,1-2H3,(H2,6,10)(H2,7,8). The fraction of sp³-hybridized carbons (Fsp3) is 0.600. The van der Waals surface area contributed by atoms with Crippen LogP contribution in [0.1, 0.15) is 0 Å². The number of hydrogen-bond donors (Lipinski definition) is 2. The monoisotopic (exact) mass is 160 g/mol. The molecule has 0 aliphatic carbocycles. The van der Waals surface area contributed by atoms with Crippen molar-refractivity contribution in [3.05, 3.63) is 0 Å². The van der Waals surface area contributed by atoms with Crippen molar-refractivity contribution in [1.29, 1.82) is 0 Å². The lowest BCUT2D eigenvalue weighted by molar-refractivity contribution is -0.122. The second kappa shape index (κ2) is 4.37. The molecule has 0 atom stereocenters. The lowest BCUT2D eigenvalue weighted by Crippen LogP contribution is -2.31. The molecule has 0 aliphatic heterocycles. The van der Waals surface area contributed by atoms with Gasteiger partial charge >= 0.3 is 0 Å². The Balaban J connectivity index is 3.65. The number of rotatable bonds is 3. The first-order valence-electron chi connectivity index (χ1n) is 2.95. The molecule has 0 fully saturated rings. The molecule has 4 N–H and O–H groups in total. The molecule has 1 amide bonds. The molecule has 6 heteroatoms. The van der Waals surface area contributed by atoms with Crippen LogP contribution in [0.25, 0.3) is 0 Å². The first-order valence-corrected chi connectivity index (χ1v) is 2.95. The van der Waals surface area contributed by atoms with E-state index in [0.29, 0.717) is 0 Å². The van der Waals surface area contributed by atoms with Crippen molar-refractivity contribution < 1.29 is 9.63 Å². The van der Waals surface area contributed by atoms with Crippen LogP contribution in [-0.4, -0.2) is 37.5 Å². The fourth-order valence-corrected chi connectivity index (χ4v) is 0.244. The molecule has 64 valence electrons. The van der Waals surface area contributed by atoms with Gasteiger partial charge in [0.25, 0.3) is 5.91 Å². The number of primary amides is 1. The molecule has 6 nitrogen and oxygen atoms in total. The molecular weight excluding hydrogens is 148 g/mol. The maximum absolute atomic E-state index is 10.1. The van der Waals surface area contributed by atoms with E-state index in [-0.39, 0.29) is 12.6 Å². The van der Waals surface area contributed by atoms with E-state index in [0.717, 1.165) is 0 Å². The summed E-state index contributed by atoms with van der Waals surface area (Å²) in [5, 5.41) is 3.38. The number of amides is 1. The summed E-state index contributed by atoms with van der Waals surface area (Å²) in [5.74, 6) is -0.397. The van der Waals surface area contributed by atoms with Crippen molar-refractivity contribution in [2.45, 2.75) is 0 Å². The van der Waals surface area contributed by atoms with E-state index in [4.69, 9.17) is 11.5 Å². The van der Waals surface area contributed by atoms with E-state index >= 15 is 0 Å². The van der Waals surface area contributed by atoms with Gasteiger partial charge in [-0.3, -0.25) is 4.79 Å². The first kappa shape index (κ1) is 9.54. The van der Waals surface area contributed by atoms with Crippen LogP contribution < -0.4 is 11.5 Å². The molecule has 0 heterocycles. The van der Waals surface area contributed by atoms with Crippen molar-refractivity contribution in [1.82, 2.24) is 4.90 Å². The predicted octanol–water partition coefficient (Wildman–Crippen LogP) is -1.72. The third-order valence-electron chi connectivity index (χ3n) is 0.823. The maximum Gasteiger partial charge on any atom is 0.258 e. The molecule has 0 rings (SSSR count).